The summed E-state index contributed by atoms with van der Waals surface area (Å²) in [4.78, 5) is 0. The number of hydrogen-bond acceptors (Lipinski definition) is 2. The van der Waals surface area contributed by atoms with Crippen molar-refractivity contribution in [3.05, 3.63) is 69.8 Å². The Morgan fingerprint density at radius 2 is 1.62 bits per heavy atom. The van der Waals surface area contributed by atoms with Gasteiger partial charge in [0.2, 0.25) is 0 Å². The Labute approximate surface area is 123 Å². The molecule has 0 saturated heterocycles. The zero-order chi connectivity index (χ0) is 15.6. The Hall–Kier alpha value is -1.63. The lowest BCUT2D eigenvalue weighted by atomic mass is 9.98. The summed E-state index contributed by atoms with van der Waals surface area (Å²) in [6.45, 7) is 0. The van der Waals surface area contributed by atoms with Gasteiger partial charge in [-0.2, -0.15) is 0 Å². The van der Waals surface area contributed by atoms with Crippen molar-refractivity contribution >= 4 is 11.6 Å². The molecule has 3 N–H and O–H groups in total. The number of rotatable bonds is 4. The highest BCUT2D eigenvalue weighted by molar-refractivity contribution is 6.30. The van der Waals surface area contributed by atoms with Gasteiger partial charge >= 0.3 is 0 Å². The standard InChI is InChI=1S/C14H11ClF4N2/c15-9-6-12(18)8(4-13(9)19)14(21-20)5-7-10(16)2-1-3-11(7)17/h1-4,6,14,21H,5,20H2. The van der Waals surface area contributed by atoms with Gasteiger partial charge in [-0.15, -0.1) is 0 Å². The zero-order valence-electron chi connectivity index (χ0n) is 10.6. The molecule has 7 heteroatoms. The number of nitrogens with two attached hydrogens (primary N) is 1. The van der Waals surface area contributed by atoms with Gasteiger partial charge in [-0.3, -0.25) is 11.3 Å². The average Bonchev–Trinajstić information content (AvgIpc) is 2.43. The molecule has 1 unspecified atom stereocenters. The summed E-state index contributed by atoms with van der Waals surface area (Å²) in [5.74, 6) is 2.06. The Balaban J connectivity index is 2.39. The van der Waals surface area contributed by atoms with Crippen molar-refractivity contribution in [2.45, 2.75) is 12.5 Å². The molecule has 0 aromatic heterocycles. The van der Waals surface area contributed by atoms with Crippen molar-refractivity contribution in [3.63, 3.8) is 0 Å². The first-order chi connectivity index (χ1) is 9.93. The van der Waals surface area contributed by atoms with Crippen molar-refractivity contribution in [1.82, 2.24) is 5.43 Å². The molecule has 0 aliphatic rings. The molecule has 0 spiro atoms. The van der Waals surface area contributed by atoms with E-state index in [1.807, 2.05) is 0 Å². The quantitative estimate of drug-likeness (QED) is 0.391. The molecule has 112 valence electrons. The second-order valence-electron chi connectivity index (χ2n) is 4.41. The van der Waals surface area contributed by atoms with Crippen LogP contribution in [-0.4, -0.2) is 0 Å². The minimum absolute atomic E-state index is 0.165. The van der Waals surface area contributed by atoms with E-state index >= 15 is 0 Å². The van der Waals surface area contributed by atoms with Crippen LogP contribution in [0.3, 0.4) is 0 Å². The molecule has 1 atom stereocenters. The van der Waals surface area contributed by atoms with Gasteiger partial charge in [-0.05, 0) is 30.7 Å². The third kappa shape index (κ3) is 3.34. The fourth-order valence-corrected chi connectivity index (χ4v) is 2.15. The molecule has 0 fully saturated rings. The monoisotopic (exact) mass is 318 g/mol. The molecule has 0 radical (unpaired) electrons. The minimum Gasteiger partial charge on any atom is -0.271 e. The Kier molecular flexibility index (Phi) is 4.82. The lowest BCUT2D eigenvalue weighted by Gasteiger charge is -2.18. The number of benzene rings is 2. The number of nitrogens with one attached hydrogen (secondary N) is 1. The normalized spacial score (nSPS) is 12.5. The number of hydrogen-bond donors (Lipinski definition) is 2. The molecule has 0 aliphatic heterocycles. The first-order valence-corrected chi connectivity index (χ1v) is 6.35. The van der Waals surface area contributed by atoms with Crippen LogP contribution in [0.15, 0.2) is 30.3 Å². The van der Waals surface area contributed by atoms with E-state index in [9.17, 15) is 17.6 Å². The molecule has 21 heavy (non-hydrogen) atoms. The van der Waals surface area contributed by atoms with E-state index in [2.05, 4.69) is 5.43 Å². The van der Waals surface area contributed by atoms with Crippen LogP contribution in [0.4, 0.5) is 17.6 Å². The van der Waals surface area contributed by atoms with Crippen molar-refractivity contribution < 1.29 is 17.6 Å². The van der Waals surface area contributed by atoms with Crippen molar-refractivity contribution in [2.24, 2.45) is 5.84 Å². The molecule has 2 aromatic carbocycles. The van der Waals surface area contributed by atoms with Gasteiger partial charge in [0.25, 0.3) is 0 Å². The number of hydrazine groups is 1. The first-order valence-electron chi connectivity index (χ1n) is 5.97. The molecule has 2 nitrogen and oxygen atoms in total. The molecular weight excluding hydrogens is 308 g/mol. The molecule has 0 heterocycles. The third-order valence-corrected chi connectivity index (χ3v) is 3.38. The zero-order valence-corrected chi connectivity index (χ0v) is 11.4. The lowest BCUT2D eigenvalue weighted by Crippen LogP contribution is -2.31. The number of halogens is 5. The Morgan fingerprint density at radius 3 is 2.19 bits per heavy atom. The summed E-state index contributed by atoms with van der Waals surface area (Å²) in [6, 6.07) is 3.98. The van der Waals surface area contributed by atoms with Gasteiger partial charge in [0.1, 0.15) is 23.3 Å². The topological polar surface area (TPSA) is 38.0 Å². The predicted molar refractivity (Wildman–Crippen MR) is 71.5 cm³/mol. The Morgan fingerprint density at radius 1 is 1.00 bits per heavy atom. The van der Waals surface area contributed by atoms with Crippen molar-refractivity contribution in [3.8, 4) is 0 Å². The molecule has 2 rings (SSSR count). The summed E-state index contributed by atoms with van der Waals surface area (Å²) in [5, 5.41) is -0.385. The summed E-state index contributed by atoms with van der Waals surface area (Å²) in [6.07, 6.45) is -0.285. The van der Waals surface area contributed by atoms with Crippen molar-refractivity contribution in [1.29, 1.82) is 0 Å². The van der Waals surface area contributed by atoms with Gasteiger partial charge < -0.3 is 0 Å². The third-order valence-electron chi connectivity index (χ3n) is 3.09. The Bertz CT molecular complexity index is 643. The molecular formula is C14H11ClF4N2. The molecule has 0 aliphatic carbocycles. The van der Waals surface area contributed by atoms with Gasteiger partial charge in [-0.25, -0.2) is 17.6 Å². The van der Waals surface area contributed by atoms with Crippen LogP contribution in [0.5, 0.6) is 0 Å². The van der Waals surface area contributed by atoms with Crippen LogP contribution in [-0.2, 0) is 6.42 Å². The fourth-order valence-electron chi connectivity index (χ4n) is 2.00. The van der Waals surface area contributed by atoms with Crippen molar-refractivity contribution in [2.75, 3.05) is 0 Å². The van der Waals surface area contributed by atoms with Gasteiger partial charge in [-0.1, -0.05) is 17.7 Å². The van der Waals surface area contributed by atoms with E-state index in [0.29, 0.717) is 0 Å². The maximum atomic E-state index is 13.8. The highest BCUT2D eigenvalue weighted by Crippen LogP contribution is 2.27. The second-order valence-corrected chi connectivity index (χ2v) is 4.82. The lowest BCUT2D eigenvalue weighted by molar-refractivity contribution is 0.476. The van der Waals surface area contributed by atoms with Crippen LogP contribution in [0.2, 0.25) is 5.02 Å². The molecule has 0 saturated carbocycles. The summed E-state index contributed by atoms with van der Waals surface area (Å²) >= 11 is 5.46. The maximum absolute atomic E-state index is 13.8. The highest BCUT2D eigenvalue weighted by atomic mass is 35.5. The average molecular weight is 319 g/mol. The van der Waals surface area contributed by atoms with Gasteiger partial charge in [0.15, 0.2) is 0 Å². The summed E-state index contributed by atoms with van der Waals surface area (Å²) in [7, 11) is 0. The molecule has 2 aromatic rings. The SMILES string of the molecule is NNC(Cc1c(F)cccc1F)c1cc(F)c(Cl)cc1F. The van der Waals surface area contributed by atoms with E-state index in [1.54, 1.807) is 0 Å². The van der Waals surface area contributed by atoms with Gasteiger partial charge in [0.05, 0.1) is 11.1 Å². The van der Waals surface area contributed by atoms with E-state index in [0.717, 1.165) is 24.3 Å². The largest absolute Gasteiger partial charge is 0.271 e. The fraction of sp³-hybridized carbons (Fsp3) is 0.143. The first kappa shape index (κ1) is 15.8. The van der Waals surface area contributed by atoms with Crippen LogP contribution >= 0.6 is 11.6 Å². The smallest absolute Gasteiger partial charge is 0.142 e. The van der Waals surface area contributed by atoms with Crippen LogP contribution < -0.4 is 11.3 Å². The second kappa shape index (κ2) is 6.43. The van der Waals surface area contributed by atoms with E-state index in [1.165, 1.54) is 6.07 Å². The van der Waals surface area contributed by atoms with Crippen LogP contribution in [0, 0.1) is 23.3 Å². The summed E-state index contributed by atoms with van der Waals surface area (Å²) in [5.41, 5.74) is 1.79. The van der Waals surface area contributed by atoms with Gasteiger partial charge in [0, 0.05) is 11.1 Å². The minimum atomic E-state index is -1.01. The van der Waals surface area contributed by atoms with Crippen LogP contribution in [0.1, 0.15) is 17.2 Å². The molecule has 0 amide bonds. The van der Waals surface area contributed by atoms with E-state index in [4.69, 9.17) is 17.4 Å². The molecule has 0 bridgehead atoms. The highest BCUT2D eigenvalue weighted by Gasteiger charge is 2.21. The predicted octanol–water partition coefficient (Wildman–Crippen LogP) is 3.64. The van der Waals surface area contributed by atoms with Crippen LogP contribution in [0.25, 0.3) is 0 Å². The van der Waals surface area contributed by atoms with E-state index in [-0.39, 0.29) is 22.6 Å². The maximum Gasteiger partial charge on any atom is 0.142 e. The summed E-state index contributed by atoms with van der Waals surface area (Å²) < 4.78 is 54.5. The van der Waals surface area contributed by atoms with E-state index < -0.39 is 29.3 Å².